The Bertz CT molecular complexity index is 1070. The van der Waals surface area contributed by atoms with E-state index in [0.717, 1.165) is 66.5 Å². The van der Waals surface area contributed by atoms with E-state index in [9.17, 15) is 9.59 Å². The number of nitrogens with one attached hydrogen (secondary N) is 3. The normalized spacial score (nSPS) is 26.2. The van der Waals surface area contributed by atoms with Crippen molar-refractivity contribution in [3.63, 3.8) is 0 Å². The molecule has 3 N–H and O–H groups in total. The van der Waals surface area contributed by atoms with E-state index in [-0.39, 0.29) is 18.0 Å². The van der Waals surface area contributed by atoms with Gasteiger partial charge in [0.1, 0.15) is 16.0 Å². The van der Waals surface area contributed by atoms with Gasteiger partial charge in [-0.1, -0.05) is 11.8 Å². The maximum Gasteiger partial charge on any atom is 0.327 e. The highest BCUT2D eigenvalue weighted by atomic mass is 32.2. The molecular weight excluding hydrogens is 438 g/mol. The zero-order valence-corrected chi connectivity index (χ0v) is 19.1. The number of hydrogen-bond acceptors (Lipinski definition) is 6. The van der Waals surface area contributed by atoms with Crippen molar-refractivity contribution in [3.05, 3.63) is 42.1 Å². The van der Waals surface area contributed by atoms with Crippen LogP contribution in [0, 0.1) is 0 Å². The Hall–Kier alpha value is -2.78. The van der Waals surface area contributed by atoms with Crippen LogP contribution in [-0.4, -0.2) is 47.4 Å². The van der Waals surface area contributed by atoms with Crippen LogP contribution in [0.25, 0.3) is 0 Å². The summed E-state index contributed by atoms with van der Waals surface area (Å²) in [5.41, 5.74) is 2.45. The molecular formula is C24H27N5O3S. The first-order valence-corrected chi connectivity index (χ1v) is 12.6. The van der Waals surface area contributed by atoms with Crippen LogP contribution in [0.1, 0.15) is 43.7 Å². The second kappa shape index (κ2) is 8.53. The molecule has 1 aromatic carbocycles. The fourth-order valence-electron chi connectivity index (χ4n) is 4.89. The number of thioether (sulfide) groups is 1. The van der Waals surface area contributed by atoms with Gasteiger partial charge in [-0.2, -0.15) is 0 Å². The van der Waals surface area contributed by atoms with Gasteiger partial charge in [-0.15, -0.1) is 0 Å². The molecule has 1 saturated heterocycles. The molecule has 6 rings (SSSR count). The van der Waals surface area contributed by atoms with Crippen molar-refractivity contribution in [2.75, 3.05) is 18.0 Å². The van der Waals surface area contributed by atoms with Gasteiger partial charge < -0.3 is 20.7 Å². The molecule has 3 aliphatic heterocycles. The highest BCUT2D eigenvalue weighted by Crippen LogP contribution is 2.50. The van der Waals surface area contributed by atoms with E-state index < -0.39 is 11.3 Å². The third-order valence-electron chi connectivity index (χ3n) is 6.86. The number of piperidine rings is 1. The summed E-state index contributed by atoms with van der Waals surface area (Å²) >= 11 is 1.43. The summed E-state index contributed by atoms with van der Waals surface area (Å²) in [5.74, 6) is 0.775. The van der Waals surface area contributed by atoms with E-state index in [1.54, 1.807) is 11.1 Å². The lowest BCUT2D eigenvalue weighted by Crippen LogP contribution is -2.52. The molecule has 8 nitrogen and oxygen atoms in total. The molecule has 0 spiro atoms. The maximum absolute atomic E-state index is 13.2. The van der Waals surface area contributed by atoms with Crippen molar-refractivity contribution in [1.82, 2.24) is 20.9 Å². The molecule has 0 radical (unpaired) electrons. The zero-order chi connectivity index (χ0) is 22.4. The largest absolute Gasteiger partial charge is 0.490 e. The van der Waals surface area contributed by atoms with Crippen LogP contribution in [0.4, 0.5) is 16.2 Å². The fourth-order valence-corrected chi connectivity index (χ4v) is 6.13. The number of carbonyl (C=O) groups excluding carboxylic acids is 2. The molecule has 4 heterocycles. The Kier molecular flexibility index (Phi) is 5.38. The van der Waals surface area contributed by atoms with Crippen LogP contribution < -0.4 is 25.6 Å². The van der Waals surface area contributed by atoms with Gasteiger partial charge in [0.05, 0.1) is 23.5 Å². The molecule has 1 saturated carbocycles. The van der Waals surface area contributed by atoms with Crippen LogP contribution in [0.5, 0.6) is 5.75 Å². The molecule has 4 aliphatic rings. The monoisotopic (exact) mass is 465 g/mol. The summed E-state index contributed by atoms with van der Waals surface area (Å²) in [7, 11) is 0. The fraction of sp³-hybridized carbons (Fsp3) is 0.458. The number of rotatable bonds is 5. The lowest BCUT2D eigenvalue weighted by Gasteiger charge is -2.34. The molecule has 33 heavy (non-hydrogen) atoms. The van der Waals surface area contributed by atoms with Crippen molar-refractivity contribution in [3.8, 4) is 5.75 Å². The molecule has 0 bridgehead atoms. The third-order valence-corrected chi connectivity index (χ3v) is 8.15. The van der Waals surface area contributed by atoms with Crippen LogP contribution >= 0.6 is 11.8 Å². The zero-order valence-electron chi connectivity index (χ0n) is 18.3. The van der Waals surface area contributed by atoms with Gasteiger partial charge in [0.15, 0.2) is 0 Å². The van der Waals surface area contributed by atoms with Gasteiger partial charge >= 0.3 is 6.03 Å². The van der Waals surface area contributed by atoms with E-state index in [4.69, 9.17) is 4.74 Å². The summed E-state index contributed by atoms with van der Waals surface area (Å²) in [6.07, 6.45) is 7.46. The Morgan fingerprint density at radius 2 is 2.00 bits per heavy atom. The summed E-state index contributed by atoms with van der Waals surface area (Å²) in [4.78, 5) is 32.6. The number of anilines is 2. The molecule has 3 amide bonds. The molecule has 2 fully saturated rings. The molecule has 1 aliphatic carbocycles. The van der Waals surface area contributed by atoms with Crippen molar-refractivity contribution in [2.24, 2.45) is 0 Å². The molecule has 1 aromatic heterocycles. The first-order valence-electron chi connectivity index (χ1n) is 11.7. The third kappa shape index (κ3) is 3.83. The number of benzene rings is 1. The predicted molar refractivity (Wildman–Crippen MR) is 126 cm³/mol. The molecule has 9 heteroatoms. The van der Waals surface area contributed by atoms with Gasteiger partial charge in [0.2, 0.25) is 5.91 Å². The Balaban J connectivity index is 1.24. The van der Waals surface area contributed by atoms with Crippen LogP contribution in [0.15, 0.2) is 41.6 Å². The number of nitrogens with zero attached hydrogens (tertiary/aromatic N) is 2. The van der Waals surface area contributed by atoms with Crippen molar-refractivity contribution in [2.45, 2.75) is 60.6 Å². The second-order valence-corrected chi connectivity index (χ2v) is 10.2. The maximum atomic E-state index is 13.2. The topological polar surface area (TPSA) is 95.6 Å². The van der Waals surface area contributed by atoms with E-state index in [1.807, 2.05) is 30.3 Å². The summed E-state index contributed by atoms with van der Waals surface area (Å²) in [6.45, 7) is 1.77. The predicted octanol–water partition coefficient (Wildman–Crippen LogP) is 3.26. The van der Waals surface area contributed by atoms with Gasteiger partial charge in [-0.25, -0.2) is 9.78 Å². The lowest BCUT2D eigenvalue weighted by molar-refractivity contribution is -0.121. The van der Waals surface area contributed by atoms with Crippen LogP contribution in [-0.2, 0) is 4.79 Å². The van der Waals surface area contributed by atoms with Gasteiger partial charge in [0.25, 0.3) is 0 Å². The molecule has 2 unspecified atom stereocenters. The van der Waals surface area contributed by atoms with E-state index in [0.29, 0.717) is 6.10 Å². The highest BCUT2D eigenvalue weighted by Gasteiger charge is 2.46. The molecule has 172 valence electrons. The standard InChI is InChI=1S/C24H27N5O3S/c30-22(27-14-3-2-11-25-13-14)21-20-19-18(10-12-26-23(19)33-21)29(24(31)28-20)15-6-8-17(9-7-15)32-16-4-1-5-16/h6-10,12,14,16,20-21,25H,1-5,11,13H2,(H,27,30)(H,28,31)/t14?,20?,21-/m1/s1. The minimum absolute atomic E-state index is 0.0473. The van der Waals surface area contributed by atoms with E-state index in [2.05, 4.69) is 20.9 Å². The average molecular weight is 466 g/mol. The SMILES string of the molecule is O=C(NC1CCCNC1)[C@@H]1Sc2nccc3c2C1NC(=O)N3c1ccc(OC2CCC2)cc1. The van der Waals surface area contributed by atoms with E-state index >= 15 is 0 Å². The number of pyridine rings is 1. The number of ether oxygens (including phenoxy) is 1. The smallest absolute Gasteiger partial charge is 0.327 e. The van der Waals surface area contributed by atoms with Crippen molar-refractivity contribution >= 4 is 35.1 Å². The number of urea groups is 1. The number of aromatic nitrogens is 1. The van der Waals surface area contributed by atoms with Gasteiger partial charge in [0, 0.05) is 24.3 Å². The van der Waals surface area contributed by atoms with Crippen molar-refractivity contribution in [1.29, 1.82) is 0 Å². The van der Waals surface area contributed by atoms with Gasteiger partial charge in [-0.3, -0.25) is 9.69 Å². The molecule has 3 atom stereocenters. The van der Waals surface area contributed by atoms with Crippen molar-refractivity contribution < 1.29 is 14.3 Å². The van der Waals surface area contributed by atoms with Crippen LogP contribution in [0.2, 0.25) is 0 Å². The Morgan fingerprint density at radius 3 is 2.73 bits per heavy atom. The summed E-state index contributed by atoms with van der Waals surface area (Å²) < 4.78 is 5.96. The minimum Gasteiger partial charge on any atom is -0.490 e. The Labute approximate surface area is 196 Å². The summed E-state index contributed by atoms with van der Waals surface area (Å²) in [6, 6.07) is 8.99. The number of amides is 3. The first-order chi connectivity index (χ1) is 16.2. The minimum atomic E-state index is -0.431. The highest BCUT2D eigenvalue weighted by molar-refractivity contribution is 8.01. The lowest BCUT2D eigenvalue weighted by atomic mass is 9.96. The first kappa shape index (κ1) is 20.8. The van der Waals surface area contributed by atoms with E-state index in [1.165, 1.54) is 18.2 Å². The number of carbonyl (C=O) groups is 2. The second-order valence-electron chi connectivity index (χ2n) is 9.07. The quantitative estimate of drug-likeness (QED) is 0.627. The Morgan fingerprint density at radius 1 is 1.15 bits per heavy atom. The number of hydrogen-bond donors (Lipinski definition) is 3. The molecule has 2 aromatic rings. The summed E-state index contributed by atoms with van der Waals surface area (Å²) in [5, 5.41) is 9.93. The van der Waals surface area contributed by atoms with Crippen LogP contribution in [0.3, 0.4) is 0 Å². The average Bonchev–Trinajstić information content (AvgIpc) is 3.17. The van der Waals surface area contributed by atoms with Gasteiger partial charge in [-0.05, 0) is 69.0 Å².